The minimum Gasteiger partial charge on any atom is -0.355 e. The van der Waals surface area contributed by atoms with E-state index in [2.05, 4.69) is 29.1 Å². The maximum Gasteiger partial charge on any atom is 0.193 e. The molecule has 1 N–H and O–H groups in total. The van der Waals surface area contributed by atoms with E-state index in [-0.39, 0.29) is 35.2 Å². The van der Waals surface area contributed by atoms with Crippen molar-refractivity contribution >= 4 is 29.9 Å². The smallest absolute Gasteiger partial charge is 0.193 e. The minimum atomic E-state index is -0.144. The molecular weight excluding hydrogens is 404 g/mol. The van der Waals surface area contributed by atoms with Gasteiger partial charge >= 0.3 is 0 Å². The predicted octanol–water partition coefficient (Wildman–Crippen LogP) is 3.78. The Morgan fingerprint density at radius 1 is 1.30 bits per heavy atom. The Balaban J connectivity index is 0.00000192. The molecular formula is C18H27FIN3. The van der Waals surface area contributed by atoms with Crippen LogP contribution in [0.15, 0.2) is 29.3 Å². The van der Waals surface area contributed by atoms with E-state index in [0.717, 1.165) is 44.0 Å². The minimum absolute atomic E-state index is 0. The quantitative estimate of drug-likeness (QED) is 0.448. The zero-order chi connectivity index (χ0) is 15.8. The largest absolute Gasteiger partial charge is 0.355 e. The van der Waals surface area contributed by atoms with Crippen molar-refractivity contribution in [1.29, 1.82) is 0 Å². The Kier molecular flexibility index (Phi) is 5.59. The van der Waals surface area contributed by atoms with Crippen LogP contribution in [0.2, 0.25) is 0 Å². The van der Waals surface area contributed by atoms with E-state index in [1.54, 1.807) is 6.07 Å². The molecule has 23 heavy (non-hydrogen) atoms. The summed E-state index contributed by atoms with van der Waals surface area (Å²) in [6.45, 7) is 7.53. The van der Waals surface area contributed by atoms with Crippen LogP contribution in [0.1, 0.15) is 38.7 Å². The second-order valence-corrected chi connectivity index (χ2v) is 7.53. The molecule has 1 heterocycles. The molecule has 3 rings (SSSR count). The van der Waals surface area contributed by atoms with Gasteiger partial charge in [-0.05, 0) is 42.4 Å². The van der Waals surface area contributed by atoms with Gasteiger partial charge in [0.25, 0.3) is 0 Å². The van der Waals surface area contributed by atoms with E-state index in [0.29, 0.717) is 5.41 Å². The van der Waals surface area contributed by atoms with E-state index in [1.807, 2.05) is 19.2 Å². The van der Waals surface area contributed by atoms with E-state index in [9.17, 15) is 4.39 Å². The second kappa shape index (κ2) is 6.95. The molecule has 2 aliphatic rings. The average molecular weight is 431 g/mol. The molecule has 0 radical (unpaired) electrons. The highest BCUT2D eigenvalue weighted by atomic mass is 127. The number of benzene rings is 1. The molecule has 1 saturated carbocycles. The summed E-state index contributed by atoms with van der Waals surface area (Å²) in [5.74, 6) is 0.836. The molecule has 1 aromatic carbocycles. The van der Waals surface area contributed by atoms with E-state index in [1.165, 1.54) is 12.5 Å². The van der Waals surface area contributed by atoms with Gasteiger partial charge in [0.1, 0.15) is 5.82 Å². The van der Waals surface area contributed by atoms with Crippen molar-refractivity contribution in [2.75, 3.05) is 26.7 Å². The van der Waals surface area contributed by atoms with Crippen LogP contribution in [-0.2, 0) is 5.41 Å². The van der Waals surface area contributed by atoms with Gasteiger partial charge in [0, 0.05) is 32.1 Å². The third-order valence-electron chi connectivity index (χ3n) is 5.06. The lowest BCUT2D eigenvalue weighted by molar-refractivity contribution is 0.369. The Bertz CT molecular complexity index is 581. The number of hydrogen-bond acceptors (Lipinski definition) is 1. The van der Waals surface area contributed by atoms with Crippen LogP contribution in [0, 0.1) is 11.2 Å². The molecule has 2 fully saturated rings. The zero-order valence-electron chi connectivity index (χ0n) is 14.2. The molecule has 0 bridgehead atoms. The number of halogens is 2. The van der Waals surface area contributed by atoms with Gasteiger partial charge in [-0.2, -0.15) is 0 Å². The van der Waals surface area contributed by atoms with Gasteiger partial charge in [0.05, 0.1) is 0 Å². The molecule has 0 unspecified atom stereocenters. The van der Waals surface area contributed by atoms with Crippen molar-refractivity contribution in [2.45, 2.75) is 38.5 Å². The van der Waals surface area contributed by atoms with Crippen LogP contribution >= 0.6 is 24.0 Å². The van der Waals surface area contributed by atoms with Gasteiger partial charge in [-0.1, -0.05) is 26.0 Å². The second-order valence-electron chi connectivity index (χ2n) is 7.53. The number of guanidine groups is 1. The SMILES string of the molecule is CN=C(NCC1(c2cccc(F)c2)CC1)N1CCC(C)(C)C1.I. The fraction of sp³-hybridized carbons (Fsp3) is 0.611. The predicted molar refractivity (Wildman–Crippen MR) is 104 cm³/mol. The van der Waals surface area contributed by atoms with Crippen LogP contribution in [0.5, 0.6) is 0 Å². The monoisotopic (exact) mass is 431 g/mol. The maximum absolute atomic E-state index is 13.5. The lowest BCUT2D eigenvalue weighted by Crippen LogP contribution is -2.43. The summed E-state index contributed by atoms with van der Waals surface area (Å²) in [4.78, 5) is 6.77. The Morgan fingerprint density at radius 3 is 2.57 bits per heavy atom. The first-order valence-corrected chi connectivity index (χ1v) is 8.16. The van der Waals surface area contributed by atoms with Crippen molar-refractivity contribution in [2.24, 2.45) is 10.4 Å². The summed E-state index contributed by atoms with van der Waals surface area (Å²) >= 11 is 0. The summed E-state index contributed by atoms with van der Waals surface area (Å²) in [6, 6.07) is 7.04. The highest BCUT2D eigenvalue weighted by Crippen LogP contribution is 2.47. The standard InChI is InChI=1S/C18H26FN3.HI/c1-17(2)9-10-22(13-17)16(20-3)21-12-18(7-8-18)14-5-4-6-15(19)11-14;/h4-6,11H,7-10,12-13H2,1-3H3,(H,20,21);1H. The highest BCUT2D eigenvalue weighted by Gasteiger charge is 2.44. The van der Waals surface area contributed by atoms with Gasteiger partial charge < -0.3 is 10.2 Å². The van der Waals surface area contributed by atoms with E-state index >= 15 is 0 Å². The average Bonchev–Trinajstić information content (AvgIpc) is 3.18. The molecule has 0 spiro atoms. The molecule has 0 amide bonds. The number of hydrogen-bond donors (Lipinski definition) is 1. The molecule has 3 nitrogen and oxygen atoms in total. The Labute approximate surface area is 155 Å². The third-order valence-corrected chi connectivity index (χ3v) is 5.06. The van der Waals surface area contributed by atoms with Crippen molar-refractivity contribution in [3.8, 4) is 0 Å². The van der Waals surface area contributed by atoms with Crippen molar-refractivity contribution in [3.05, 3.63) is 35.6 Å². The van der Waals surface area contributed by atoms with Gasteiger partial charge in [0.15, 0.2) is 5.96 Å². The third kappa shape index (κ3) is 4.17. The molecule has 1 saturated heterocycles. The Morgan fingerprint density at radius 2 is 2.04 bits per heavy atom. The molecule has 128 valence electrons. The maximum atomic E-state index is 13.5. The number of likely N-dealkylation sites (tertiary alicyclic amines) is 1. The summed E-state index contributed by atoms with van der Waals surface area (Å²) in [6.07, 6.45) is 3.43. The molecule has 0 aromatic heterocycles. The topological polar surface area (TPSA) is 27.6 Å². The number of rotatable bonds is 3. The first-order chi connectivity index (χ1) is 10.4. The first-order valence-electron chi connectivity index (χ1n) is 8.16. The molecule has 1 aliphatic heterocycles. The number of nitrogens with one attached hydrogen (secondary N) is 1. The van der Waals surface area contributed by atoms with Crippen molar-refractivity contribution in [3.63, 3.8) is 0 Å². The summed E-state index contributed by atoms with van der Waals surface area (Å²) in [5.41, 5.74) is 1.56. The molecule has 1 aliphatic carbocycles. The highest BCUT2D eigenvalue weighted by molar-refractivity contribution is 14.0. The van der Waals surface area contributed by atoms with Crippen LogP contribution in [0.25, 0.3) is 0 Å². The zero-order valence-corrected chi connectivity index (χ0v) is 16.6. The lowest BCUT2D eigenvalue weighted by atomic mass is 9.93. The van der Waals surface area contributed by atoms with Gasteiger partial charge in [-0.3, -0.25) is 4.99 Å². The van der Waals surface area contributed by atoms with E-state index < -0.39 is 0 Å². The Hall–Kier alpha value is -0.850. The molecule has 5 heteroatoms. The first kappa shape index (κ1) is 18.5. The summed E-state index contributed by atoms with van der Waals surface area (Å²) < 4.78 is 13.5. The van der Waals surface area contributed by atoms with Crippen molar-refractivity contribution in [1.82, 2.24) is 10.2 Å². The van der Waals surface area contributed by atoms with Crippen LogP contribution in [-0.4, -0.2) is 37.5 Å². The van der Waals surface area contributed by atoms with Crippen LogP contribution in [0.4, 0.5) is 4.39 Å². The number of aliphatic imine (C=N–C) groups is 1. The summed E-state index contributed by atoms with van der Waals surface area (Å²) in [5, 5.41) is 3.52. The van der Waals surface area contributed by atoms with Gasteiger partial charge in [0.2, 0.25) is 0 Å². The van der Waals surface area contributed by atoms with Crippen LogP contribution in [0.3, 0.4) is 0 Å². The summed E-state index contributed by atoms with van der Waals surface area (Å²) in [7, 11) is 1.84. The lowest BCUT2D eigenvalue weighted by Gasteiger charge is -2.26. The van der Waals surface area contributed by atoms with Gasteiger partial charge in [-0.25, -0.2) is 4.39 Å². The molecule has 0 atom stereocenters. The van der Waals surface area contributed by atoms with E-state index in [4.69, 9.17) is 0 Å². The fourth-order valence-electron chi connectivity index (χ4n) is 3.41. The fourth-order valence-corrected chi connectivity index (χ4v) is 3.41. The number of nitrogens with zero attached hydrogens (tertiary/aromatic N) is 2. The van der Waals surface area contributed by atoms with Crippen molar-refractivity contribution < 1.29 is 4.39 Å². The van der Waals surface area contributed by atoms with Gasteiger partial charge in [-0.15, -0.1) is 24.0 Å². The van der Waals surface area contributed by atoms with Crippen LogP contribution < -0.4 is 5.32 Å². The molecule has 1 aromatic rings. The normalized spacial score (nSPS) is 21.7.